The molecule has 2 aliphatic rings. The maximum absolute atomic E-state index is 12.6. The van der Waals surface area contributed by atoms with Crippen LogP contribution in [0.2, 0.25) is 0 Å². The normalized spacial score (nSPS) is 20.3. The van der Waals surface area contributed by atoms with Crippen molar-refractivity contribution in [2.45, 2.75) is 57.4 Å². The Hall–Kier alpha value is -1.93. The van der Waals surface area contributed by atoms with Crippen molar-refractivity contribution in [2.75, 3.05) is 25.0 Å². The van der Waals surface area contributed by atoms with Gasteiger partial charge in [-0.1, -0.05) is 6.42 Å². The van der Waals surface area contributed by atoms with E-state index >= 15 is 0 Å². The highest BCUT2D eigenvalue weighted by Crippen LogP contribution is 2.46. The SMILES string of the molecule is CCOC(=O)c1c(C2CC2)csc1NC(=O)CN1CCCCC1CC(N)=O. The van der Waals surface area contributed by atoms with E-state index in [4.69, 9.17) is 10.5 Å². The summed E-state index contributed by atoms with van der Waals surface area (Å²) >= 11 is 1.38. The Morgan fingerprint density at radius 1 is 1.30 bits per heavy atom. The van der Waals surface area contributed by atoms with Gasteiger partial charge in [-0.3, -0.25) is 14.5 Å². The summed E-state index contributed by atoms with van der Waals surface area (Å²) in [5.74, 6) is -0.501. The zero-order valence-corrected chi connectivity index (χ0v) is 16.5. The van der Waals surface area contributed by atoms with E-state index in [9.17, 15) is 14.4 Å². The summed E-state index contributed by atoms with van der Waals surface area (Å²) in [4.78, 5) is 38.3. The quantitative estimate of drug-likeness (QED) is 0.661. The van der Waals surface area contributed by atoms with Gasteiger partial charge in [-0.15, -0.1) is 11.3 Å². The lowest BCUT2D eigenvalue weighted by Crippen LogP contribution is -2.45. The minimum absolute atomic E-state index is 0.0110. The minimum Gasteiger partial charge on any atom is -0.462 e. The van der Waals surface area contributed by atoms with Gasteiger partial charge < -0.3 is 15.8 Å². The highest BCUT2D eigenvalue weighted by atomic mass is 32.1. The summed E-state index contributed by atoms with van der Waals surface area (Å²) < 4.78 is 5.19. The Morgan fingerprint density at radius 2 is 2.07 bits per heavy atom. The average molecular weight is 394 g/mol. The molecule has 1 atom stereocenters. The second-order valence-electron chi connectivity index (χ2n) is 7.23. The summed E-state index contributed by atoms with van der Waals surface area (Å²) in [6.07, 6.45) is 5.32. The predicted octanol–water partition coefficient (Wildman–Crippen LogP) is 2.47. The maximum atomic E-state index is 12.6. The van der Waals surface area contributed by atoms with Crippen molar-refractivity contribution in [3.05, 3.63) is 16.5 Å². The molecule has 27 heavy (non-hydrogen) atoms. The van der Waals surface area contributed by atoms with Crippen molar-refractivity contribution in [3.63, 3.8) is 0 Å². The molecule has 0 aromatic carbocycles. The zero-order valence-electron chi connectivity index (χ0n) is 15.7. The van der Waals surface area contributed by atoms with Crippen molar-refractivity contribution >= 4 is 34.1 Å². The van der Waals surface area contributed by atoms with Crippen LogP contribution in [0.4, 0.5) is 5.00 Å². The molecular weight excluding hydrogens is 366 g/mol. The first-order valence-corrected chi connectivity index (χ1v) is 10.5. The highest BCUT2D eigenvalue weighted by molar-refractivity contribution is 7.15. The van der Waals surface area contributed by atoms with E-state index in [0.29, 0.717) is 23.1 Å². The third kappa shape index (κ3) is 5.07. The molecule has 2 amide bonds. The third-order valence-corrected chi connectivity index (χ3v) is 6.02. The molecule has 1 saturated heterocycles. The number of hydrogen-bond acceptors (Lipinski definition) is 6. The molecule has 0 spiro atoms. The Kier molecular flexibility index (Phi) is 6.49. The number of carbonyl (C=O) groups excluding carboxylic acids is 3. The maximum Gasteiger partial charge on any atom is 0.341 e. The van der Waals surface area contributed by atoms with Gasteiger partial charge in [-0.05, 0) is 56.0 Å². The van der Waals surface area contributed by atoms with Crippen molar-refractivity contribution < 1.29 is 19.1 Å². The number of anilines is 1. The van der Waals surface area contributed by atoms with Crippen molar-refractivity contribution in [3.8, 4) is 0 Å². The van der Waals surface area contributed by atoms with Gasteiger partial charge in [-0.25, -0.2) is 4.79 Å². The van der Waals surface area contributed by atoms with E-state index in [1.165, 1.54) is 11.3 Å². The van der Waals surface area contributed by atoms with Crippen molar-refractivity contribution in [2.24, 2.45) is 5.73 Å². The summed E-state index contributed by atoms with van der Waals surface area (Å²) in [5, 5.41) is 5.41. The molecule has 1 aromatic heterocycles. The van der Waals surface area contributed by atoms with E-state index in [-0.39, 0.29) is 36.8 Å². The fraction of sp³-hybridized carbons (Fsp3) is 0.632. The number of nitrogens with two attached hydrogens (primary N) is 1. The first-order chi connectivity index (χ1) is 13.0. The monoisotopic (exact) mass is 393 g/mol. The Morgan fingerprint density at radius 3 is 2.74 bits per heavy atom. The number of primary amides is 1. The molecule has 1 unspecified atom stereocenters. The number of nitrogens with zero attached hydrogens (tertiary/aromatic N) is 1. The molecule has 7 nitrogen and oxygen atoms in total. The predicted molar refractivity (Wildman–Crippen MR) is 104 cm³/mol. The number of likely N-dealkylation sites (tertiary alicyclic amines) is 1. The molecule has 1 aliphatic carbocycles. The molecule has 1 aromatic rings. The first kappa shape index (κ1) is 19.8. The van der Waals surface area contributed by atoms with Crippen LogP contribution in [-0.4, -0.2) is 48.4 Å². The molecule has 3 rings (SSSR count). The molecule has 1 saturated carbocycles. The highest BCUT2D eigenvalue weighted by Gasteiger charge is 2.33. The van der Waals surface area contributed by atoms with Gasteiger partial charge in [0.1, 0.15) is 5.00 Å². The number of nitrogens with one attached hydrogen (secondary N) is 1. The van der Waals surface area contributed by atoms with Crippen LogP contribution in [0.15, 0.2) is 5.38 Å². The summed E-state index contributed by atoms with van der Waals surface area (Å²) in [7, 11) is 0. The van der Waals surface area contributed by atoms with Gasteiger partial charge in [0.15, 0.2) is 0 Å². The molecule has 148 valence electrons. The van der Waals surface area contributed by atoms with Crippen LogP contribution in [0.5, 0.6) is 0 Å². The van der Waals surface area contributed by atoms with E-state index in [1.54, 1.807) is 6.92 Å². The number of esters is 1. The lowest BCUT2D eigenvalue weighted by Gasteiger charge is -2.34. The molecule has 2 fully saturated rings. The lowest BCUT2D eigenvalue weighted by atomic mass is 9.99. The molecule has 3 N–H and O–H groups in total. The Labute approximate surface area is 163 Å². The number of amides is 2. The number of thiophene rings is 1. The average Bonchev–Trinajstić information content (AvgIpc) is 3.37. The Balaban J connectivity index is 1.68. The number of rotatable bonds is 8. The van der Waals surface area contributed by atoms with Gasteiger partial charge in [0.2, 0.25) is 11.8 Å². The summed E-state index contributed by atoms with van der Waals surface area (Å²) in [6, 6.07) is 0.0110. The smallest absolute Gasteiger partial charge is 0.341 e. The third-order valence-electron chi connectivity index (χ3n) is 5.10. The topological polar surface area (TPSA) is 102 Å². The molecule has 1 aliphatic heterocycles. The van der Waals surface area contributed by atoms with E-state index in [1.807, 2.05) is 10.3 Å². The van der Waals surface area contributed by atoms with E-state index in [0.717, 1.165) is 44.2 Å². The van der Waals surface area contributed by atoms with Gasteiger partial charge in [0.05, 0.1) is 18.7 Å². The molecule has 0 radical (unpaired) electrons. The number of hydrogen-bond donors (Lipinski definition) is 2. The fourth-order valence-electron chi connectivity index (χ4n) is 3.65. The van der Waals surface area contributed by atoms with Crippen molar-refractivity contribution in [1.29, 1.82) is 0 Å². The lowest BCUT2D eigenvalue weighted by molar-refractivity contribution is -0.122. The van der Waals surface area contributed by atoms with Gasteiger partial charge >= 0.3 is 5.97 Å². The second-order valence-corrected chi connectivity index (χ2v) is 8.11. The molecule has 0 bridgehead atoms. The number of piperidine rings is 1. The van der Waals surface area contributed by atoms with Crippen LogP contribution in [0.25, 0.3) is 0 Å². The minimum atomic E-state index is -0.375. The van der Waals surface area contributed by atoms with Crippen LogP contribution in [0.1, 0.15) is 67.3 Å². The second kappa shape index (κ2) is 8.84. The molecule has 8 heteroatoms. The molecule has 2 heterocycles. The number of ether oxygens (including phenoxy) is 1. The first-order valence-electron chi connectivity index (χ1n) is 9.60. The largest absolute Gasteiger partial charge is 0.462 e. The van der Waals surface area contributed by atoms with Gasteiger partial charge in [-0.2, -0.15) is 0 Å². The van der Waals surface area contributed by atoms with Crippen LogP contribution in [-0.2, 0) is 14.3 Å². The Bertz CT molecular complexity index is 714. The number of carbonyl (C=O) groups is 3. The zero-order chi connectivity index (χ0) is 19.4. The van der Waals surface area contributed by atoms with E-state index in [2.05, 4.69) is 5.32 Å². The van der Waals surface area contributed by atoms with Crippen molar-refractivity contribution in [1.82, 2.24) is 4.90 Å². The van der Waals surface area contributed by atoms with Crippen LogP contribution >= 0.6 is 11.3 Å². The van der Waals surface area contributed by atoms with Crippen LogP contribution in [0.3, 0.4) is 0 Å². The summed E-state index contributed by atoms with van der Waals surface area (Å²) in [6.45, 7) is 3.04. The molecular formula is C19H27N3O4S. The standard InChI is InChI=1S/C19H27N3O4S/c1-2-26-19(25)17-14(12-6-7-12)11-27-18(17)21-16(24)10-22-8-4-3-5-13(22)9-15(20)23/h11-13H,2-10H2,1H3,(H2,20,23)(H,21,24). The van der Waals surface area contributed by atoms with Gasteiger partial charge in [0.25, 0.3) is 0 Å². The van der Waals surface area contributed by atoms with Crippen LogP contribution < -0.4 is 11.1 Å². The fourth-order valence-corrected chi connectivity index (χ4v) is 4.70. The van der Waals surface area contributed by atoms with Crippen LogP contribution in [0, 0.1) is 0 Å². The van der Waals surface area contributed by atoms with E-state index < -0.39 is 0 Å². The summed E-state index contributed by atoms with van der Waals surface area (Å²) in [5.41, 5.74) is 6.83. The van der Waals surface area contributed by atoms with Gasteiger partial charge in [0, 0.05) is 12.5 Å².